The Hall–Kier alpha value is -0.580. The Morgan fingerprint density at radius 2 is 1.89 bits per heavy atom. The Kier molecular flexibility index (Phi) is 6.83. The lowest BCUT2D eigenvalue weighted by Gasteiger charge is -2.31. The van der Waals surface area contributed by atoms with Gasteiger partial charge in [0, 0.05) is 17.6 Å². The fraction of sp³-hybridized carbons (Fsp3) is 0.500. The van der Waals surface area contributed by atoms with Gasteiger partial charge < -0.3 is 10.2 Å². The first-order valence-electron chi connectivity index (χ1n) is 6.37. The average molecular weight is 348 g/mol. The van der Waals surface area contributed by atoms with E-state index >= 15 is 0 Å². The Labute approximate surface area is 129 Å². The SMILES string of the molecule is CN(C(=O)Cc1ccc(Br)cc1)C1CCNCC1.Cl. The molecule has 0 saturated carbocycles. The summed E-state index contributed by atoms with van der Waals surface area (Å²) in [5, 5.41) is 3.32. The number of nitrogens with one attached hydrogen (secondary N) is 1. The van der Waals surface area contributed by atoms with Crippen molar-refractivity contribution in [1.82, 2.24) is 10.2 Å². The maximum atomic E-state index is 12.2. The number of nitrogens with zero attached hydrogens (tertiary/aromatic N) is 1. The molecule has 3 nitrogen and oxygen atoms in total. The topological polar surface area (TPSA) is 32.3 Å². The molecule has 1 heterocycles. The highest BCUT2D eigenvalue weighted by molar-refractivity contribution is 9.10. The van der Waals surface area contributed by atoms with Gasteiger partial charge in [-0.05, 0) is 43.6 Å². The normalized spacial score (nSPS) is 15.7. The van der Waals surface area contributed by atoms with Gasteiger partial charge in [-0.25, -0.2) is 0 Å². The number of likely N-dealkylation sites (N-methyl/N-ethyl adjacent to an activating group) is 1. The van der Waals surface area contributed by atoms with Crippen molar-refractivity contribution in [2.75, 3.05) is 20.1 Å². The third kappa shape index (κ3) is 4.79. The van der Waals surface area contributed by atoms with Gasteiger partial charge >= 0.3 is 0 Å². The number of carbonyl (C=O) groups is 1. The van der Waals surface area contributed by atoms with E-state index in [-0.39, 0.29) is 18.3 Å². The highest BCUT2D eigenvalue weighted by Crippen LogP contribution is 2.14. The van der Waals surface area contributed by atoms with Gasteiger partial charge in [0.05, 0.1) is 6.42 Å². The number of carbonyl (C=O) groups excluding carboxylic acids is 1. The van der Waals surface area contributed by atoms with Crippen molar-refractivity contribution in [3.8, 4) is 0 Å². The van der Waals surface area contributed by atoms with Gasteiger partial charge in [-0.2, -0.15) is 0 Å². The Bertz CT molecular complexity index is 404. The van der Waals surface area contributed by atoms with Crippen LogP contribution in [0, 0.1) is 0 Å². The van der Waals surface area contributed by atoms with Crippen LogP contribution in [-0.4, -0.2) is 37.0 Å². The van der Waals surface area contributed by atoms with Crippen molar-refractivity contribution in [1.29, 1.82) is 0 Å². The quantitative estimate of drug-likeness (QED) is 0.911. The van der Waals surface area contributed by atoms with Crippen molar-refractivity contribution in [3.63, 3.8) is 0 Å². The lowest BCUT2D eigenvalue weighted by molar-refractivity contribution is -0.131. The molecule has 1 amide bonds. The Balaban J connectivity index is 0.00000180. The molecule has 1 aromatic rings. The summed E-state index contributed by atoms with van der Waals surface area (Å²) in [6.07, 6.45) is 2.61. The third-order valence-corrected chi connectivity index (χ3v) is 4.05. The summed E-state index contributed by atoms with van der Waals surface area (Å²) in [6.45, 7) is 2.03. The van der Waals surface area contributed by atoms with E-state index in [1.807, 2.05) is 36.2 Å². The van der Waals surface area contributed by atoms with Crippen LogP contribution < -0.4 is 5.32 Å². The first-order valence-corrected chi connectivity index (χ1v) is 7.17. The number of hydrogen-bond acceptors (Lipinski definition) is 2. The van der Waals surface area contributed by atoms with Crippen LogP contribution in [0.25, 0.3) is 0 Å². The second-order valence-electron chi connectivity index (χ2n) is 4.79. The van der Waals surface area contributed by atoms with Gasteiger partial charge in [0.2, 0.25) is 5.91 Å². The zero-order valence-electron chi connectivity index (χ0n) is 11.1. The predicted octanol–water partition coefficient (Wildman–Crippen LogP) is 2.62. The van der Waals surface area contributed by atoms with Gasteiger partial charge in [0.1, 0.15) is 0 Å². The second kappa shape index (κ2) is 7.88. The van der Waals surface area contributed by atoms with E-state index in [0.29, 0.717) is 12.5 Å². The van der Waals surface area contributed by atoms with E-state index in [9.17, 15) is 4.79 Å². The smallest absolute Gasteiger partial charge is 0.226 e. The molecule has 0 radical (unpaired) electrons. The maximum Gasteiger partial charge on any atom is 0.226 e. The Morgan fingerprint density at radius 1 is 1.32 bits per heavy atom. The van der Waals surface area contributed by atoms with Crippen LogP contribution in [0.4, 0.5) is 0 Å². The Morgan fingerprint density at radius 3 is 2.47 bits per heavy atom. The van der Waals surface area contributed by atoms with Gasteiger partial charge in [-0.15, -0.1) is 12.4 Å². The maximum absolute atomic E-state index is 12.2. The monoisotopic (exact) mass is 346 g/mol. The van der Waals surface area contributed by atoms with E-state index < -0.39 is 0 Å². The van der Waals surface area contributed by atoms with Gasteiger partial charge in [0.15, 0.2) is 0 Å². The van der Waals surface area contributed by atoms with Crippen LogP contribution >= 0.6 is 28.3 Å². The highest BCUT2D eigenvalue weighted by atomic mass is 79.9. The van der Waals surface area contributed by atoms with E-state index in [0.717, 1.165) is 36.0 Å². The van der Waals surface area contributed by atoms with Crippen molar-refractivity contribution >= 4 is 34.2 Å². The van der Waals surface area contributed by atoms with E-state index in [4.69, 9.17) is 0 Å². The summed E-state index contributed by atoms with van der Waals surface area (Å²) >= 11 is 3.40. The molecule has 1 aliphatic rings. The molecule has 0 spiro atoms. The molecule has 0 bridgehead atoms. The van der Waals surface area contributed by atoms with Gasteiger partial charge in [0.25, 0.3) is 0 Å². The van der Waals surface area contributed by atoms with Crippen LogP contribution in [-0.2, 0) is 11.2 Å². The fourth-order valence-corrected chi connectivity index (χ4v) is 2.56. The first kappa shape index (κ1) is 16.5. The van der Waals surface area contributed by atoms with E-state index in [2.05, 4.69) is 21.2 Å². The number of hydrogen-bond donors (Lipinski definition) is 1. The van der Waals surface area contributed by atoms with Gasteiger partial charge in [-0.1, -0.05) is 28.1 Å². The molecule has 5 heteroatoms. The van der Waals surface area contributed by atoms with E-state index in [1.165, 1.54) is 0 Å². The van der Waals surface area contributed by atoms with Crippen LogP contribution in [0.1, 0.15) is 18.4 Å². The second-order valence-corrected chi connectivity index (χ2v) is 5.70. The minimum Gasteiger partial charge on any atom is -0.342 e. The van der Waals surface area contributed by atoms with Crippen LogP contribution in [0.5, 0.6) is 0 Å². The molecule has 2 rings (SSSR count). The number of piperidine rings is 1. The minimum absolute atomic E-state index is 0. The standard InChI is InChI=1S/C14H19BrN2O.ClH/c1-17(13-6-8-16-9-7-13)14(18)10-11-2-4-12(15)5-3-11;/h2-5,13,16H,6-10H2,1H3;1H. The number of rotatable bonds is 3. The van der Waals surface area contributed by atoms with Crippen LogP contribution in [0.3, 0.4) is 0 Å². The molecule has 106 valence electrons. The molecule has 1 fully saturated rings. The minimum atomic E-state index is 0. The molecule has 1 aromatic carbocycles. The summed E-state index contributed by atoms with van der Waals surface area (Å²) < 4.78 is 1.05. The first-order chi connectivity index (χ1) is 8.66. The molecular formula is C14H20BrClN2O. The van der Waals surface area contributed by atoms with Crippen molar-refractivity contribution in [2.45, 2.75) is 25.3 Å². The molecule has 0 atom stereocenters. The number of amides is 1. The third-order valence-electron chi connectivity index (χ3n) is 3.52. The summed E-state index contributed by atoms with van der Waals surface area (Å²) in [4.78, 5) is 14.1. The fourth-order valence-electron chi connectivity index (χ4n) is 2.30. The van der Waals surface area contributed by atoms with E-state index in [1.54, 1.807) is 0 Å². The van der Waals surface area contributed by atoms with Crippen molar-refractivity contribution in [3.05, 3.63) is 34.3 Å². The zero-order chi connectivity index (χ0) is 13.0. The molecule has 0 unspecified atom stereocenters. The highest BCUT2D eigenvalue weighted by Gasteiger charge is 2.21. The van der Waals surface area contributed by atoms with Crippen LogP contribution in [0.2, 0.25) is 0 Å². The summed E-state index contributed by atoms with van der Waals surface area (Å²) in [6, 6.07) is 8.35. The zero-order valence-corrected chi connectivity index (χ0v) is 13.5. The molecule has 19 heavy (non-hydrogen) atoms. The van der Waals surface area contributed by atoms with Crippen molar-refractivity contribution in [2.24, 2.45) is 0 Å². The van der Waals surface area contributed by atoms with Crippen LogP contribution in [0.15, 0.2) is 28.7 Å². The molecule has 1 N–H and O–H groups in total. The molecule has 1 saturated heterocycles. The lowest BCUT2D eigenvalue weighted by atomic mass is 10.0. The molecule has 0 aromatic heterocycles. The molecule has 1 aliphatic heterocycles. The number of halogens is 2. The van der Waals surface area contributed by atoms with Gasteiger partial charge in [-0.3, -0.25) is 4.79 Å². The average Bonchev–Trinajstić information content (AvgIpc) is 2.41. The molecular weight excluding hydrogens is 328 g/mol. The summed E-state index contributed by atoms with van der Waals surface area (Å²) in [7, 11) is 1.93. The summed E-state index contributed by atoms with van der Waals surface area (Å²) in [5.74, 6) is 0.212. The van der Waals surface area contributed by atoms with Crippen molar-refractivity contribution < 1.29 is 4.79 Å². The lowest BCUT2D eigenvalue weighted by Crippen LogP contribution is -2.44. The largest absolute Gasteiger partial charge is 0.342 e. The predicted molar refractivity (Wildman–Crippen MR) is 83.8 cm³/mol. The molecule has 0 aliphatic carbocycles. The summed E-state index contributed by atoms with van der Waals surface area (Å²) in [5.41, 5.74) is 1.07. The number of benzene rings is 1.